The van der Waals surface area contributed by atoms with Crippen molar-refractivity contribution >= 4 is 11.8 Å². The van der Waals surface area contributed by atoms with Crippen LogP contribution in [0.15, 0.2) is 6.20 Å². The minimum absolute atomic E-state index is 0.124. The molecule has 1 heterocycles. The van der Waals surface area contributed by atoms with E-state index >= 15 is 0 Å². The number of aliphatic hydroxyl groups is 1. The fraction of sp³-hybridized carbons (Fsp3) is 0.778. The van der Waals surface area contributed by atoms with Crippen LogP contribution in [0.5, 0.6) is 5.88 Å². The van der Waals surface area contributed by atoms with Gasteiger partial charge in [-0.15, -0.1) is 0 Å². The molecule has 3 N–H and O–H groups in total. The van der Waals surface area contributed by atoms with E-state index in [1.807, 2.05) is 0 Å². The van der Waals surface area contributed by atoms with Gasteiger partial charge in [-0.3, -0.25) is 9.59 Å². The second kappa shape index (κ2) is 14.8. The Labute approximate surface area is 166 Å². The highest BCUT2D eigenvalue weighted by Crippen LogP contribution is 2.06. The second-order valence-electron chi connectivity index (χ2n) is 6.48. The summed E-state index contributed by atoms with van der Waals surface area (Å²) >= 11 is 0. The first-order chi connectivity index (χ1) is 13.6. The summed E-state index contributed by atoms with van der Waals surface area (Å²) in [6.45, 7) is 3.40. The molecule has 1 atom stereocenters. The van der Waals surface area contributed by atoms with Crippen LogP contribution in [0.2, 0.25) is 0 Å². The molecule has 2 amide bonds. The number of methoxy groups -OCH3 is 1. The van der Waals surface area contributed by atoms with Crippen molar-refractivity contribution in [1.82, 2.24) is 25.6 Å². The standard InChI is InChI=1S/C18H33N5O5/c1-3-4-5-6-10-23-12-18(21-22-23)28-11-8-16(25)19-9-7-17(26)20-15(13-24)14-27-2/h12,15,24H,3-11,13-14H2,1-2H3,(H,19,25)(H,20,26). The van der Waals surface area contributed by atoms with Crippen molar-refractivity contribution in [3.63, 3.8) is 0 Å². The van der Waals surface area contributed by atoms with Crippen molar-refractivity contribution in [2.45, 2.75) is 58.0 Å². The number of amides is 2. The van der Waals surface area contributed by atoms with Crippen LogP contribution in [0, 0.1) is 0 Å². The number of aromatic nitrogens is 3. The first-order valence-electron chi connectivity index (χ1n) is 9.77. The Morgan fingerprint density at radius 3 is 2.79 bits per heavy atom. The average Bonchev–Trinajstić information content (AvgIpc) is 3.12. The Kier molecular flexibility index (Phi) is 12.6. The minimum atomic E-state index is -0.443. The van der Waals surface area contributed by atoms with Crippen molar-refractivity contribution in [3.8, 4) is 5.88 Å². The van der Waals surface area contributed by atoms with Crippen molar-refractivity contribution < 1.29 is 24.2 Å². The van der Waals surface area contributed by atoms with Gasteiger partial charge in [0.1, 0.15) is 0 Å². The number of nitrogens with one attached hydrogen (secondary N) is 2. The van der Waals surface area contributed by atoms with Crippen molar-refractivity contribution in [2.75, 3.05) is 33.5 Å². The van der Waals surface area contributed by atoms with E-state index in [-0.39, 0.29) is 51.0 Å². The molecule has 0 saturated heterocycles. The summed E-state index contributed by atoms with van der Waals surface area (Å²) in [7, 11) is 1.49. The maximum absolute atomic E-state index is 11.8. The first-order valence-corrected chi connectivity index (χ1v) is 9.77. The number of aryl methyl sites for hydroxylation is 1. The van der Waals surface area contributed by atoms with Crippen LogP contribution in [0.3, 0.4) is 0 Å². The quantitative estimate of drug-likeness (QED) is 0.340. The van der Waals surface area contributed by atoms with E-state index in [0.717, 1.165) is 19.4 Å². The molecule has 1 aromatic heterocycles. The van der Waals surface area contributed by atoms with E-state index in [0.29, 0.717) is 5.88 Å². The van der Waals surface area contributed by atoms with Gasteiger partial charge in [0.15, 0.2) is 0 Å². The highest BCUT2D eigenvalue weighted by molar-refractivity contribution is 5.79. The van der Waals surface area contributed by atoms with Crippen LogP contribution in [0.25, 0.3) is 0 Å². The maximum atomic E-state index is 11.8. The molecule has 10 nitrogen and oxygen atoms in total. The smallest absolute Gasteiger partial charge is 0.253 e. The largest absolute Gasteiger partial charge is 0.475 e. The van der Waals surface area contributed by atoms with Gasteiger partial charge in [0, 0.05) is 26.6 Å². The highest BCUT2D eigenvalue weighted by Gasteiger charge is 2.11. The van der Waals surface area contributed by atoms with Gasteiger partial charge < -0.3 is 25.2 Å². The number of carbonyl (C=O) groups is 2. The SMILES string of the molecule is CCCCCCn1cc(OCCC(=O)NCCC(=O)NC(CO)COC)nn1. The van der Waals surface area contributed by atoms with Gasteiger partial charge in [-0.25, -0.2) is 4.68 Å². The van der Waals surface area contributed by atoms with Crippen LogP contribution in [-0.2, 0) is 20.9 Å². The van der Waals surface area contributed by atoms with Crippen LogP contribution in [0.1, 0.15) is 45.4 Å². The molecule has 0 aromatic carbocycles. The fourth-order valence-electron chi connectivity index (χ4n) is 2.45. The molecule has 0 bridgehead atoms. The molecule has 160 valence electrons. The maximum Gasteiger partial charge on any atom is 0.253 e. The molecular weight excluding hydrogens is 366 g/mol. The molecule has 0 radical (unpaired) electrons. The molecule has 0 aliphatic carbocycles. The number of unbranched alkanes of at least 4 members (excludes halogenated alkanes) is 3. The average molecular weight is 399 g/mol. The number of ether oxygens (including phenoxy) is 2. The zero-order chi connectivity index (χ0) is 20.6. The van der Waals surface area contributed by atoms with E-state index < -0.39 is 6.04 Å². The Hall–Kier alpha value is -2.20. The molecule has 10 heteroatoms. The van der Waals surface area contributed by atoms with Crippen LogP contribution in [0.4, 0.5) is 0 Å². The molecule has 0 spiro atoms. The van der Waals surface area contributed by atoms with Gasteiger partial charge in [0.25, 0.3) is 5.88 Å². The third-order valence-electron chi connectivity index (χ3n) is 3.97. The minimum Gasteiger partial charge on any atom is -0.475 e. The Balaban J connectivity index is 2.12. The highest BCUT2D eigenvalue weighted by atomic mass is 16.5. The number of hydrogen-bond acceptors (Lipinski definition) is 7. The molecule has 0 aliphatic heterocycles. The van der Waals surface area contributed by atoms with Gasteiger partial charge in [-0.1, -0.05) is 36.5 Å². The van der Waals surface area contributed by atoms with E-state index in [2.05, 4.69) is 27.9 Å². The lowest BCUT2D eigenvalue weighted by atomic mass is 10.2. The first kappa shape index (κ1) is 23.8. The lowest BCUT2D eigenvalue weighted by Crippen LogP contribution is -2.41. The number of hydrogen-bond donors (Lipinski definition) is 3. The molecule has 0 fully saturated rings. The van der Waals surface area contributed by atoms with Crippen molar-refractivity contribution in [1.29, 1.82) is 0 Å². The number of nitrogens with zero attached hydrogens (tertiary/aromatic N) is 3. The zero-order valence-electron chi connectivity index (χ0n) is 16.9. The van der Waals surface area contributed by atoms with Crippen molar-refractivity contribution in [2.24, 2.45) is 0 Å². The summed E-state index contributed by atoms with van der Waals surface area (Å²) < 4.78 is 12.1. The van der Waals surface area contributed by atoms with Crippen LogP contribution >= 0.6 is 0 Å². The Bertz CT molecular complexity index is 566. The normalized spacial score (nSPS) is 11.8. The molecule has 1 rings (SSSR count). The fourth-order valence-corrected chi connectivity index (χ4v) is 2.45. The number of aliphatic hydroxyl groups excluding tert-OH is 1. The summed E-state index contributed by atoms with van der Waals surface area (Å²) in [6, 6.07) is -0.443. The summed E-state index contributed by atoms with van der Waals surface area (Å²) in [5, 5.41) is 22.3. The summed E-state index contributed by atoms with van der Waals surface area (Å²) in [5.41, 5.74) is 0. The van der Waals surface area contributed by atoms with Gasteiger partial charge in [0.05, 0.1) is 38.5 Å². The van der Waals surface area contributed by atoms with Crippen molar-refractivity contribution in [3.05, 3.63) is 6.20 Å². The third-order valence-corrected chi connectivity index (χ3v) is 3.97. The monoisotopic (exact) mass is 399 g/mol. The summed E-state index contributed by atoms with van der Waals surface area (Å²) in [4.78, 5) is 23.5. The Morgan fingerprint density at radius 2 is 2.07 bits per heavy atom. The lowest BCUT2D eigenvalue weighted by molar-refractivity contribution is -0.123. The molecular formula is C18H33N5O5. The summed E-state index contributed by atoms with van der Waals surface area (Å²) in [6.07, 6.45) is 6.63. The Morgan fingerprint density at radius 1 is 1.25 bits per heavy atom. The lowest BCUT2D eigenvalue weighted by Gasteiger charge is -2.15. The number of carbonyl (C=O) groups excluding carboxylic acids is 2. The topological polar surface area (TPSA) is 128 Å². The predicted molar refractivity (Wildman–Crippen MR) is 103 cm³/mol. The number of rotatable bonds is 16. The molecule has 0 saturated carbocycles. The molecule has 0 aliphatic rings. The van der Waals surface area contributed by atoms with Gasteiger partial charge in [-0.05, 0) is 6.42 Å². The van der Waals surface area contributed by atoms with Gasteiger partial charge in [-0.2, -0.15) is 0 Å². The van der Waals surface area contributed by atoms with Gasteiger partial charge in [0.2, 0.25) is 11.8 Å². The third kappa shape index (κ3) is 10.8. The molecule has 1 unspecified atom stereocenters. The zero-order valence-corrected chi connectivity index (χ0v) is 16.9. The summed E-state index contributed by atoms with van der Waals surface area (Å²) in [5.74, 6) is -0.0746. The van der Waals surface area contributed by atoms with E-state index in [1.54, 1.807) is 10.9 Å². The van der Waals surface area contributed by atoms with E-state index in [9.17, 15) is 9.59 Å². The molecule has 28 heavy (non-hydrogen) atoms. The van der Waals surface area contributed by atoms with E-state index in [4.69, 9.17) is 14.6 Å². The van der Waals surface area contributed by atoms with E-state index in [1.165, 1.54) is 20.0 Å². The molecule has 1 aromatic rings. The van der Waals surface area contributed by atoms with Crippen LogP contribution in [-0.4, -0.2) is 71.4 Å². The predicted octanol–water partition coefficient (Wildman–Crippen LogP) is 0.257. The van der Waals surface area contributed by atoms with Gasteiger partial charge >= 0.3 is 0 Å². The second-order valence-corrected chi connectivity index (χ2v) is 6.48. The van der Waals surface area contributed by atoms with Crippen LogP contribution < -0.4 is 15.4 Å².